The van der Waals surface area contributed by atoms with Crippen LogP contribution in [0.5, 0.6) is 0 Å². The predicted molar refractivity (Wildman–Crippen MR) is 72.7 cm³/mol. The molecule has 0 spiro atoms. The fourth-order valence-electron chi connectivity index (χ4n) is 2.02. The van der Waals surface area contributed by atoms with E-state index in [1.807, 2.05) is 0 Å². The van der Waals surface area contributed by atoms with Crippen molar-refractivity contribution >= 4 is 33.0 Å². The lowest BCUT2D eigenvalue weighted by atomic mass is 10.1. The summed E-state index contributed by atoms with van der Waals surface area (Å²) in [5, 5.41) is 1.66. The van der Waals surface area contributed by atoms with Crippen molar-refractivity contribution < 1.29 is 13.2 Å². The molecule has 0 bridgehead atoms. The van der Waals surface area contributed by atoms with Crippen molar-refractivity contribution in [3.05, 3.63) is 16.3 Å². The number of rotatable bonds is 4. The quantitative estimate of drug-likeness (QED) is 0.802. The summed E-state index contributed by atoms with van der Waals surface area (Å²) in [4.78, 5) is 1.24. The highest BCUT2D eigenvalue weighted by Gasteiger charge is 2.29. The molecule has 0 aliphatic carbocycles. The summed E-state index contributed by atoms with van der Waals surface area (Å²) >= 11 is 7.08. The van der Waals surface area contributed by atoms with Gasteiger partial charge in [0.15, 0.2) is 0 Å². The fourth-order valence-corrected chi connectivity index (χ4v) is 4.87. The maximum atomic E-state index is 12.4. The molecule has 0 amide bonds. The zero-order valence-corrected chi connectivity index (χ0v) is 12.5. The SMILES string of the molecule is COC1CCN(S(=O)(=O)c2csc(CCl)c2)CC1. The summed E-state index contributed by atoms with van der Waals surface area (Å²) in [6.45, 7) is 1.04. The number of hydrogen-bond acceptors (Lipinski definition) is 4. The number of methoxy groups -OCH3 is 1. The largest absolute Gasteiger partial charge is 0.381 e. The molecule has 0 aromatic carbocycles. The molecule has 0 unspecified atom stereocenters. The lowest BCUT2D eigenvalue weighted by Crippen LogP contribution is -2.40. The van der Waals surface area contributed by atoms with Crippen LogP contribution in [0.4, 0.5) is 0 Å². The van der Waals surface area contributed by atoms with E-state index in [4.69, 9.17) is 16.3 Å². The monoisotopic (exact) mass is 309 g/mol. The average molecular weight is 310 g/mol. The van der Waals surface area contributed by atoms with E-state index in [1.54, 1.807) is 18.6 Å². The highest BCUT2D eigenvalue weighted by molar-refractivity contribution is 7.89. The zero-order valence-electron chi connectivity index (χ0n) is 10.1. The first-order valence-electron chi connectivity index (χ1n) is 5.74. The molecule has 0 atom stereocenters. The molecular weight excluding hydrogens is 294 g/mol. The van der Waals surface area contributed by atoms with Crippen LogP contribution in [0.15, 0.2) is 16.3 Å². The summed E-state index contributed by atoms with van der Waals surface area (Å²) in [6.07, 6.45) is 1.68. The Balaban J connectivity index is 2.12. The van der Waals surface area contributed by atoms with E-state index < -0.39 is 10.0 Å². The third-order valence-corrected chi connectivity index (χ3v) is 6.54. The standard InChI is InChI=1S/C11H16ClNO3S2/c1-16-9-2-4-13(5-3-9)18(14,15)11-6-10(7-12)17-8-11/h6,8-9H,2-5,7H2,1H3. The van der Waals surface area contributed by atoms with E-state index in [9.17, 15) is 8.42 Å². The number of alkyl halides is 1. The van der Waals surface area contributed by atoms with Gasteiger partial charge in [-0.2, -0.15) is 4.31 Å². The van der Waals surface area contributed by atoms with Crippen LogP contribution >= 0.6 is 22.9 Å². The molecule has 1 aliphatic heterocycles. The lowest BCUT2D eigenvalue weighted by molar-refractivity contribution is 0.0604. The van der Waals surface area contributed by atoms with Gasteiger partial charge in [0.2, 0.25) is 10.0 Å². The molecule has 1 fully saturated rings. The number of hydrogen-bond donors (Lipinski definition) is 0. The summed E-state index contributed by atoms with van der Waals surface area (Å²) in [5.74, 6) is 0.353. The van der Waals surface area contributed by atoms with E-state index >= 15 is 0 Å². The summed E-state index contributed by atoms with van der Waals surface area (Å²) in [7, 11) is -1.69. The smallest absolute Gasteiger partial charge is 0.243 e. The number of sulfonamides is 1. The van der Waals surface area contributed by atoms with Crippen LogP contribution < -0.4 is 0 Å². The summed E-state index contributed by atoms with van der Waals surface area (Å²) in [6, 6.07) is 1.66. The molecule has 2 heterocycles. The number of ether oxygens (including phenoxy) is 1. The Labute approximate surface area is 117 Å². The van der Waals surface area contributed by atoms with Crippen molar-refractivity contribution in [1.29, 1.82) is 0 Å². The van der Waals surface area contributed by atoms with E-state index in [0.29, 0.717) is 23.9 Å². The van der Waals surface area contributed by atoms with Crippen LogP contribution in [-0.2, 0) is 20.6 Å². The van der Waals surface area contributed by atoms with Crippen molar-refractivity contribution in [2.45, 2.75) is 29.7 Å². The van der Waals surface area contributed by atoms with Crippen molar-refractivity contribution in [2.75, 3.05) is 20.2 Å². The maximum Gasteiger partial charge on any atom is 0.243 e. The number of piperidine rings is 1. The topological polar surface area (TPSA) is 46.6 Å². The van der Waals surface area contributed by atoms with Gasteiger partial charge in [-0.3, -0.25) is 0 Å². The molecular formula is C11H16ClNO3S2. The van der Waals surface area contributed by atoms with Gasteiger partial charge in [-0.25, -0.2) is 8.42 Å². The van der Waals surface area contributed by atoms with E-state index in [0.717, 1.165) is 17.7 Å². The van der Waals surface area contributed by atoms with Crippen molar-refractivity contribution in [3.8, 4) is 0 Å². The average Bonchev–Trinajstić information content (AvgIpc) is 2.88. The summed E-state index contributed by atoms with van der Waals surface area (Å²) < 4.78 is 31.5. The van der Waals surface area contributed by atoms with Crippen molar-refractivity contribution in [2.24, 2.45) is 0 Å². The molecule has 2 rings (SSSR count). The minimum absolute atomic E-state index is 0.178. The van der Waals surface area contributed by atoms with E-state index in [1.165, 1.54) is 15.6 Å². The minimum Gasteiger partial charge on any atom is -0.381 e. The zero-order chi connectivity index (χ0) is 13.2. The van der Waals surface area contributed by atoms with Crippen molar-refractivity contribution in [1.82, 2.24) is 4.31 Å². The van der Waals surface area contributed by atoms with Crippen molar-refractivity contribution in [3.63, 3.8) is 0 Å². The second-order valence-corrected chi connectivity index (χ2v) is 7.42. The first-order valence-corrected chi connectivity index (χ1v) is 8.59. The van der Waals surface area contributed by atoms with E-state index in [2.05, 4.69) is 0 Å². The van der Waals surface area contributed by atoms with Gasteiger partial charge in [-0.05, 0) is 18.9 Å². The van der Waals surface area contributed by atoms with Crippen LogP contribution in [0.25, 0.3) is 0 Å². The predicted octanol–water partition coefficient (Wildman–Crippen LogP) is 2.29. The molecule has 18 heavy (non-hydrogen) atoms. The Morgan fingerprint density at radius 3 is 2.67 bits per heavy atom. The second-order valence-electron chi connectivity index (χ2n) is 4.22. The highest BCUT2D eigenvalue weighted by atomic mass is 35.5. The molecule has 102 valence electrons. The molecule has 0 radical (unpaired) electrons. The maximum absolute atomic E-state index is 12.4. The Bertz CT molecular complexity index is 492. The Morgan fingerprint density at radius 2 is 2.17 bits per heavy atom. The Kier molecular flexibility index (Phi) is 4.66. The molecule has 1 aromatic rings. The number of halogens is 1. The molecule has 0 N–H and O–H groups in total. The molecule has 1 aromatic heterocycles. The van der Waals surface area contributed by atoms with Gasteiger partial charge in [0.1, 0.15) is 0 Å². The molecule has 0 saturated carbocycles. The van der Waals surface area contributed by atoms with Gasteiger partial charge in [0.05, 0.1) is 16.9 Å². The van der Waals surface area contributed by atoms with Gasteiger partial charge in [0.25, 0.3) is 0 Å². The van der Waals surface area contributed by atoms with Crippen LogP contribution in [0, 0.1) is 0 Å². The fraction of sp³-hybridized carbons (Fsp3) is 0.636. The third kappa shape index (κ3) is 2.88. The molecule has 4 nitrogen and oxygen atoms in total. The van der Waals surface area contributed by atoms with Gasteiger partial charge >= 0.3 is 0 Å². The minimum atomic E-state index is -3.35. The number of thiophene rings is 1. The molecule has 1 aliphatic rings. The normalized spacial score (nSPS) is 19.2. The highest BCUT2D eigenvalue weighted by Crippen LogP contribution is 2.26. The van der Waals surface area contributed by atoms with Gasteiger partial charge in [0, 0.05) is 30.5 Å². The third-order valence-electron chi connectivity index (χ3n) is 3.13. The van der Waals surface area contributed by atoms with Gasteiger partial charge in [-0.1, -0.05) is 0 Å². The van der Waals surface area contributed by atoms with Crippen LogP contribution in [0.3, 0.4) is 0 Å². The van der Waals surface area contributed by atoms with Crippen LogP contribution in [0.1, 0.15) is 17.7 Å². The molecule has 7 heteroatoms. The van der Waals surface area contributed by atoms with Crippen LogP contribution in [0.2, 0.25) is 0 Å². The second kappa shape index (κ2) is 5.88. The number of nitrogens with zero attached hydrogens (tertiary/aromatic N) is 1. The molecule has 1 saturated heterocycles. The lowest BCUT2D eigenvalue weighted by Gasteiger charge is -2.30. The van der Waals surface area contributed by atoms with Gasteiger partial charge in [-0.15, -0.1) is 22.9 Å². The van der Waals surface area contributed by atoms with E-state index in [-0.39, 0.29) is 6.10 Å². The Hall–Kier alpha value is -0.140. The first-order chi connectivity index (χ1) is 8.57. The van der Waals surface area contributed by atoms with Gasteiger partial charge < -0.3 is 4.74 Å². The Morgan fingerprint density at radius 1 is 1.50 bits per heavy atom. The summed E-state index contributed by atoms with van der Waals surface area (Å²) in [5.41, 5.74) is 0. The first kappa shape index (κ1) is 14.3. The van der Waals surface area contributed by atoms with Crippen LogP contribution in [-0.4, -0.2) is 39.0 Å².